The van der Waals surface area contributed by atoms with Gasteiger partial charge in [-0.2, -0.15) is 5.10 Å². The van der Waals surface area contributed by atoms with Crippen LogP contribution in [0.1, 0.15) is 57.4 Å². The topological polar surface area (TPSA) is 46.1 Å². The summed E-state index contributed by atoms with van der Waals surface area (Å²) in [5, 5.41) is 6.48. The Morgan fingerprint density at radius 1 is 1.09 bits per heavy atom. The predicted molar refractivity (Wildman–Crippen MR) is 144 cm³/mol. The Morgan fingerprint density at radius 3 is 2.69 bits per heavy atom. The lowest BCUT2D eigenvalue weighted by atomic mass is 9.97. The van der Waals surface area contributed by atoms with Crippen molar-refractivity contribution in [2.24, 2.45) is 5.92 Å². The number of H-pyrrole nitrogens is 1. The van der Waals surface area contributed by atoms with Gasteiger partial charge in [-0.15, -0.1) is 0 Å². The Bertz CT molecular complexity index is 1310. The number of rotatable bonds is 8. The first-order valence-corrected chi connectivity index (χ1v) is 13.1. The van der Waals surface area contributed by atoms with E-state index in [-0.39, 0.29) is 0 Å². The first-order chi connectivity index (χ1) is 17.0. The average molecular weight is 471 g/mol. The number of hydrogen-bond donors (Lipinski definition) is 1. The third-order valence-corrected chi connectivity index (χ3v) is 7.33. The molecule has 3 heterocycles. The Kier molecular flexibility index (Phi) is 6.70. The summed E-state index contributed by atoms with van der Waals surface area (Å²) < 4.78 is 8.51. The molecule has 0 atom stereocenters. The molecule has 1 N–H and O–H groups in total. The number of ether oxygens (including phenoxy) is 1. The van der Waals surface area contributed by atoms with Crippen molar-refractivity contribution in [2.75, 3.05) is 13.2 Å². The van der Waals surface area contributed by atoms with E-state index in [1.54, 1.807) is 0 Å². The van der Waals surface area contributed by atoms with Gasteiger partial charge in [-0.1, -0.05) is 45.9 Å². The predicted octanol–water partition coefficient (Wildman–Crippen LogP) is 6.91. The molecule has 35 heavy (non-hydrogen) atoms. The van der Waals surface area contributed by atoms with Gasteiger partial charge in [-0.3, -0.25) is 4.90 Å². The minimum absolute atomic E-state index is 0.457. The van der Waals surface area contributed by atoms with Gasteiger partial charge in [0, 0.05) is 53.8 Å². The molecular formula is C30H38N4O. The zero-order valence-corrected chi connectivity index (χ0v) is 21.8. The van der Waals surface area contributed by atoms with Crippen molar-refractivity contribution >= 4 is 10.9 Å². The number of para-hydroxylation sites is 1. The monoisotopic (exact) mass is 470 g/mol. The summed E-state index contributed by atoms with van der Waals surface area (Å²) in [6.45, 7) is 13.8. The molecule has 5 nitrogen and oxygen atoms in total. The van der Waals surface area contributed by atoms with Crippen LogP contribution in [0.15, 0.2) is 48.7 Å². The van der Waals surface area contributed by atoms with Crippen molar-refractivity contribution in [1.82, 2.24) is 19.7 Å². The highest BCUT2D eigenvalue weighted by Gasteiger charge is 2.30. The van der Waals surface area contributed by atoms with E-state index in [9.17, 15) is 0 Å². The lowest BCUT2D eigenvalue weighted by Gasteiger charge is -2.33. The van der Waals surface area contributed by atoms with E-state index >= 15 is 0 Å². The molecule has 4 aromatic rings. The summed E-state index contributed by atoms with van der Waals surface area (Å²) in [4.78, 5) is 5.99. The van der Waals surface area contributed by atoms with E-state index in [4.69, 9.17) is 9.84 Å². The van der Waals surface area contributed by atoms with Crippen molar-refractivity contribution in [3.05, 3.63) is 65.5 Å². The number of hydrogen-bond acceptors (Lipinski definition) is 3. The maximum atomic E-state index is 6.33. The minimum Gasteiger partial charge on any atom is -0.491 e. The van der Waals surface area contributed by atoms with Crippen LogP contribution in [-0.2, 0) is 13.0 Å². The van der Waals surface area contributed by atoms with Crippen molar-refractivity contribution in [1.29, 1.82) is 0 Å². The van der Waals surface area contributed by atoms with Crippen molar-refractivity contribution in [2.45, 2.75) is 66.5 Å². The average Bonchev–Trinajstić information content (AvgIpc) is 3.47. The smallest absolute Gasteiger partial charge is 0.145 e. The van der Waals surface area contributed by atoms with Gasteiger partial charge >= 0.3 is 0 Å². The molecule has 0 unspecified atom stereocenters. The van der Waals surface area contributed by atoms with Crippen LogP contribution in [0.3, 0.4) is 0 Å². The normalized spacial score (nSPS) is 14.3. The third-order valence-electron chi connectivity index (χ3n) is 7.33. The largest absolute Gasteiger partial charge is 0.491 e. The molecule has 0 saturated heterocycles. The second-order valence-corrected chi connectivity index (χ2v) is 10.3. The summed E-state index contributed by atoms with van der Waals surface area (Å²) in [6, 6.07) is 15.8. The fourth-order valence-corrected chi connectivity index (χ4v) is 5.45. The fourth-order valence-electron chi connectivity index (χ4n) is 5.45. The van der Waals surface area contributed by atoms with E-state index in [2.05, 4.69) is 91.6 Å². The molecule has 0 bridgehead atoms. The molecule has 2 aromatic carbocycles. The maximum Gasteiger partial charge on any atom is 0.145 e. The number of nitrogens with one attached hydrogen (secondary N) is 1. The standard InChI is InChI=1S/C30H38N4O/c1-6-24(7-2)33-16-14-27-25(18-33)30(23-11-12-26-22(17-23)13-15-31-26)34(32-27)29-21(5)9-8-10-28(29)35-19-20(3)4/h8-13,15,17,20,24,31H,6-7,14,16,18-19H2,1-5H3. The number of fused-ring (bicyclic) bond motifs is 2. The van der Waals surface area contributed by atoms with Crippen LogP contribution in [0.2, 0.25) is 0 Å². The number of aromatic amines is 1. The highest BCUT2D eigenvalue weighted by Crippen LogP contribution is 2.38. The van der Waals surface area contributed by atoms with Crippen molar-refractivity contribution in [3.63, 3.8) is 0 Å². The molecular weight excluding hydrogens is 432 g/mol. The second kappa shape index (κ2) is 9.90. The van der Waals surface area contributed by atoms with Gasteiger partial charge in [-0.05, 0) is 55.5 Å². The van der Waals surface area contributed by atoms with Gasteiger partial charge in [-0.25, -0.2) is 4.68 Å². The SMILES string of the molecule is CCC(CC)N1CCc2nn(-c3c(C)cccc3OCC(C)C)c(-c3ccc4[nH]ccc4c3)c2C1. The summed E-state index contributed by atoms with van der Waals surface area (Å²) in [6.07, 6.45) is 5.34. The Hall–Kier alpha value is -3.05. The third kappa shape index (κ3) is 4.50. The van der Waals surface area contributed by atoms with Crippen LogP contribution >= 0.6 is 0 Å². The molecule has 0 spiro atoms. The second-order valence-electron chi connectivity index (χ2n) is 10.3. The summed E-state index contributed by atoms with van der Waals surface area (Å²) in [5.74, 6) is 1.36. The zero-order valence-electron chi connectivity index (χ0n) is 21.8. The quantitative estimate of drug-likeness (QED) is 0.304. The van der Waals surface area contributed by atoms with Gasteiger partial charge in [0.15, 0.2) is 0 Å². The molecule has 5 rings (SSSR count). The van der Waals surface area contributed by atoms with Gasteiger partial charge in [0.25, 0.3) is 0 Å². The Labute approximate surface area is 209 Å². The summed E-state index contributed by atoms with van der Waals surface area (Å²) in [5.41, 5.74) is 8.36. The molecule has 0 radical (unpaired) electrons. The Balaban J connectivity index is 1.70. The van der Waals surface area contributed by atoms with E-state index in [0.29, 0.717) is 18.6 Å². The number of aromatic nitrogens is 3. The van der Waals surface area contributed by atoms with Gasteiger partial charge in [0.1, 0.15) is 11.4 Å². The lowest BCUT2D eigenvalue weighted by molar-refractivity contribution is 0.169. The van der Waals surface area contributed by atoms with Crippen molar-refractivity contribution < 1.29 is 4.74 Å². The van der Waals surface area contributed by atoms with Crippen LogP contribution in [0.5, 0.6) is 5.75 Å². The number of benzene rings is 2. The fraction of sp³-hybridized carbons (Fsp3) is 0.433. The van der Waals surface area contributed by atoms with Crippen LogP contribution < -0.4 is 4.74 Å². The molecule has 184 valence electrons. The molecule has 0 amide bonds. The van der Waals surface area contributed by atoms with E-state index in [1.165, 1.54) is 46.3 Å². The first-order valence-electron chi connectivity index (χ1n) is 13.1. The van der Waals surface area contributed by atoms with Gasteiger partial charge in [0.2, 0.25) is 0 Å². The van der Waals surface area contributed by atoms with E-state index in [0.717, 1.165) is 36.5 Å². The van der Waals surface area contributed by atoms with Gasteiger partial charge in [0.05, 0.1) is 18.0 Å². The van der Waals surface area contributed by atoms with E-state index in [1.807, 2.05) is 6.20 Å². The van der Waals surface area contributed by atoms with Gasteiger partial charge < -0.3 is 9.72 Å². The molecule has 0 aliphatic carbocycles. The van der Waals surface area contributed by atoms with Crippen LogP contribution in [0.4, 0.5) is 0 Å². The van der Waals surface area contributed by atoms with Crippen LogP contribution in [-0.4, -0.2) is 38.9 Å². The zero-order chi connectivity index (χ0) is 24.5. The number of nitrogens with zero attached hydrogens (tertiary/aromatic N) is 3. The van der Waals surface area contributed by atoms with Crippen molar-refractivity contribution in [3.8, 4) is 22.7 Å². The van der Waals surface area contributed by atoms with Crippen LogP contribution in [0.25, 0.3) is 27.8 Å². The molecule has 5 heteroatoms. The molecule has 1 aliphatic heterocycles. The highest BCUT2D eigenvalue weighted by atomic mass is 16.5. The summed E-state index contributed by atoms with van der Waals surface area (Å²) in [7, 11) is 0. The maximum absolute atomic E-state index is 6.33. The molecule has 0 fully saturated rings. The molecule has 2 aromatic heterocycles. The highest BCUT2D eigenvalue weighted by molar-refractivity contribution is 5.85. The summed E-state index contributed by atoms with van der Waals surface area (Å²) >= 11 is 0. The first kappa shape index (κ1) is 23.7. The number of aryl methyl sites for hydroxylation is 1. The Morgan fingerprint density at radius 2 is 1.91 bits per heavy atom. The molecule has 0 saturated carbocycles. The van der Waals surface area contributed by atoms with E-state index < -0.39 is 0 Å². The van der Waals surface area contributed by atoms with Crippen LogP contribution in [0, 0.1) is 12.8 Å². The minimum atomic E-state index is 0.457. The lowest BCUT2D eigenvalue weighted by Crippen LogP contribution is -2.38. The molecule has 1 aliphatic rings.